The van der Waals surface area contributed by atoms with E-state index < -0.39 is 29.6 Å². The molecule has 0 bridgehead atoms. The summed E-state index contributed by atoms with van der Waals surface area (Å²) in [6, 6.07) is 4.71. The van der Waals surface area contributed by atoms with Crippen molar-refractivity contribution < 1.29 is 41.3 Å². The second-order valence-corrected chi connectivity index (χ2v) is 10.8. The van der Waals surface area contributed by atoms with Crippen molar-refractivity contribution in [2.45, 2.75) is 75.3 Å². The number of hydrogen-bond acceptors (Lipinski definition) is 5. The predicted octanol–water partition coefficient (Wildman–Crippen LogP) is 5.03. The van der Waals surface area contributed by atoms with Crippen molar-refractivity contribution in [2.24, 2.45) is 11.8 Å². The number of aliphatic hydroxyl groups is 1. The average molecular weight is 566 g/mol. The lowest BCUT2D eigenvalue weighted by molar-refractivity contribution is -0.274. The highest BCUT2D eigenvalue weighted by molar-refractivity contribution is 5.74. The number of nitrogens with zero attached hydrogens (tertiary/aromatic N) is 1. The van der Waals surface area contributed by atoms with Gasteiger partial charge in [0.2, 0.25) is 5.92 Å². The van der Waals surface area contributed by atoms with Crippen molar-refractivity contribution in [3.8, 4) is 5.75 Å². The molecule has 3 rings (SSSR count). The first-order chi connectivity index (χ1) is 18.3. The Morgan fingerprint density at radius 3 is 2.64 bits per heavy atom. The first-order valence-electron chi connectivity index (χ1n) is 13.5. The van der Waals surface area contributed by atoms with E-state index in [1.165, 1.54) is 18.2 Å². The lowest BCUT2D eigenvalue weighted by atomic mass is 9.74. The summed E-state index contributed by atoms with van der Waals surface area (Å²) in [6.45, 7) is 1.56. The van der Waals surface area contributed by atoms with Crippen LogP contribution in [0, 0.1) is 11.8 Å². The summed E-state index contributed by atoms with van der Waals surface area (Å²) in [5.41, 5.74) is -1.20. The van der Waals surface area contributed by atoms with Gasteiger partial charge in [-0.05, 0) is 69.2 Å². The van der Waals surface area contributed by atoms with Gasteiger partial charge in [-0.2, -0.15) is 0 Å². The molecule has 3 N–H and O–H groups in total. The number of likely N-dealkylation sites (tertiary alicyclic amines) is 1. The summed E-state index contributed by atoms with van der Waals surface area (Å²) >= 11 is 0. The van der Waals surface area contributed by atoms with Gasteiger partial charge in [-0.3, -0.25) is 0 Å². The van der Waals surface area contributed by atoms with E-state index in [1.807, 2.05) is 0 Å². The van der Waals surface area contributed by atoms with Crippen LogP contribution < -0.4 is 15.4 Å². The third kappa shape index (κ3) is 9.18. The number of piperidine rings is 1. The standard InChI is InChI=1S/C27H40F5N3O4/c1-33-17-22(13-19-15-25(28,29)16-19)34-24(36)35-11-6-8-21(18-35)26(37,10-3-4-12-38-2)20-7-5-9-23(14-20)39-27(30,31)32/h5,7,9,14,19,21-22,33,37H,3-4,6,8,10-13,15-18H2,1-2H3,(H,34,36)/t21-,22?,26+/m1/s1. The molecule has 2 fully saturated rings. The Labute approximate surface area is 226 Å². The van der Waals surface area contributed by atoms with Crippen LogP contribution in [0.3, 0.4) is 0 Å². The largest absolute Gasteiger partial charge is 0.573 e. The molecule has 222 valence electrons. The number of amides is 2. The predicted molar refractivity (Wildman–Crippen MR) is 136 cm³/mol. The van der Waals surface area contributed by atoms with Gasteiger partial charge in [-0.1, -0.05) is 12.1 Å². The number of carbonyl (C=O) groups excluding carboxylic acids is 1. The summed E-state index contributed by atoms with van der Waals surface area (Å²) in [7, 11) is 3.30. The fraction of sp³-hybridized carbons (Fsp3) is 0.741. The van der Waals surface area contributed by atoms with Gasteiger partial charge in [0.1, 0.15) is 5.75 Å². The second-order valence-electron chi connectivity index (χ2n) is 10.8. The van der Waals surface area contributed by atoms with Crippen LogP contribution >= 0.6 is 0 Å². The third-order valence-corrected chi connectivity index (χ3v) is 7.68. The number of unbranched alkanes of at least 4 members (excludes halogenated alkanes) is 1. The van der Waals surface area contributed by atoms with E-state index in [1.54, 1.807) is 25.1 Å². The fourth-order valence-electron chi connectivity index (χ4n) is 5.80. The maximum Gasteiger partial charge on any atom is 0.573 e. The number of carbonyl (C=O) groups is 1. The van der Waals surface area contributed by atoms with Crippen LogP contribution in [-0.4, -0.2) is 74.8 Å². The SMILES string of the molecule is CNCC(CC1CC(F)(F)C1)NC(=O)N1CCC[C@@H]([C@](O)(CCCCOC)c2cccc(OC(F)(F)F)c2)C1. The molecule has 0 radical (unpaired) electrons. The van der Waals surface area contributed by atoms with E-state index in [0.29, 0.717) is 57.4 Å². The maximum atomic E-state index is 13.3. The van der Waals surface area contributed by atoms with Crippen LogP contribution in [0.5, 0.6) is 5.75 Å². The molecule has 0 aromatic heterocycles. The van der Waals surface area contributed by atoms with Gasteiger partial charge in [0.15, 0.2) is 0 Å². The van der Waals surface area contributed by atoms with Gasteiger partial charge in [0, 0.05) is 58.2 Å². The minimum Gasteiger partial charge on any atom is -0.406 e. The zero-order chi connectivity index (χ0) is 28.7. The first-order valence-corrected chi connectivity index (χ1v) is 13.5. The number of methoxy groups -OCH3 is 1. The number of urea groups is 1. The van der Waals surface area contributed by atoms with E-state index in [4.69, 9.17) is 4.74 Å². The molecule has 39 heavy (non-hydrogen) atoms. The average Bonchev–Trinajstić information content (AvgIpc) is 2.84. The van der Waals surface area contributed by atoms with Gasteiger partial charge in [-0.25, -0.2) is 13.6 Å². The summed E-state index contributed by atoms with van der Waals surface area (Å²) in [4.78, 5) is 14.8. The van der Waals surface area contributed by atoms with Crippen molar-refractivity contribution >= 4 is 6.03 Å². The highest BCUT2D eigenvalue weighted by Gasteiger charge is 2.46. The number of halogens is 5. The summed E-state index contributed by atoms with van der Waals surface area (Å²) in [5.74, 6) is -3.64. The summed E-state index contributed by atoms with van der Waals surface area (Å²) < 4.78 is 74.4. The molecule has 3 atom stereocenters. The van der Waals surface area contributed by atoms with Gasteiger partial charge >= 0.3 is 12.4 Å². The molecule has 1 aromatic rings. The zero-order valence-corrected chi connectivity index (χ0v) is 22.5. The zero-order valence-electron chi connectivity index (χ0n) is 22.5. The van der Waals surface area contributed by atoms with Crippen molar-refractivity contribution in [1.82, 2.24) is 15.5 Å². The van der Waals surface area contributed by atoms with Crippen LogP contribution in [0.1, 0.15) is 56.9 Å². The molecule has 2 aliphatic rings. The van der Waals surface area contributed by atoms with E-state index in [9.17, 15) is 31.9 Å². The maximum absolute atomic E-state index is 13.3. The van der Waals surface area contributed by atoms with Crippen LogP contribution in [-0.2, 0) is 10.3 Å². The lowest BCUT2D eigenvalue weighted by Crippen LogP contribution is -2.54. The quantitative estimate of drug-likeness (QED) is 0.231. The molecule has 12 heteroatoms. The molecule has 1 aromatic carbocycles. The highest BCUT2D eigenvalue weighted by atomic mass is 19.4. The fourth-order valence-corrected chi connectivity index (χ4v) is 5.80. The molecule has 7 nitrogen and oxygen atoms in total. The Kier molecular flexibility index (Phi) is 10.8. The van der Waals surface area contributed by atoms with E-state index in [2.05, 4.69) is 15.4 Å². The monoisotopic (exact) mass is 565 g/mol. The molecule has 1 saturated heterocycles. The Bertz CT molecular complexity index is 927. The highest BCUT2D eigenvalue weighted by Crippen LogP contribution is 2.45. The molecule has 1 aliphatic carbocycles. The van der Waals surface area contributed by atoms with Gasteiger partial charge < -0.3 is 30.1 Å². The van der Waals surface area contributed by atoms with Crippen molar-refractivity contribution in [1.29, 1.82) is 0 Å². The molecular weight excluding hydrogens is 525 g/mol. The number of nitrogens with one attached hydrogen (secondary N) is 2. The lowest BCUT2D eigenvalue weighted by Gasteiger charge is -2.43. The molecule has 2 amide bonds. The number of likely N-dealkylation sites (N-methyl/N-ethyl adjacent to an activating group) is 1. The minimum atomic E-state index is -4.87. The van der Waals surface area contributed by atoms with Crippen molar-refractivity contribution in [3.63, 3.8) is 0 Å². The number of rotatable bonds is 13. The topological polar surface area (TPSA) is 83.1 Å². The number of ether oxygens (including phenoxy) is 2. The molecular formula is C27H40F5N3O4. The minimum absolute atomic E-state index is 0.156. The molecule has 1 saturated carbocycles. The smallest absolute Gasteiger partial charge is 0.406 e. The van der Waals surface area contributed by atoms with Gasteiger partial charge in [0.25, 0.3) is 0 Å². The van der Waals surface area contributed by atoms with E-state index in [0.717, 1.165) is 0 Å². The Balaban J connectivity index is 1.73. The number of hydrogen-bond donors (Lipinski definition) is 3. The third-order valence-electron chi connectivity index (χ3n) is 7.68. The summed E-state index contributed by atoms with van der Waals surface area (Å²) in [5, 5.41) is 17.9. The van der Waals surface area contributed by atoms with E-state index in [-0.39, 0.29) is 43.8 Å². The molecule has 1 unspecified atom stereocenters. The normalized spacial score (nSPS) is 22.1. The van der Waals surface area contributed by atoms with Crippen LogP contribution in [0.15, 0.2) is 24.3 Å². The van der Waals surface area contributed by atoms with Gasteiger partial charge in [0.05, 0.1) is 5.60 Å². The Hall–Kier alpha value is -2.18. The van der Waals surface area contributed by atoms with E-state index >= 15 is 0 Å². The van der Waals surface area contributed by atoms with Crippen LogP contribution in [0.25, 0.3) is 0 Å². The first kappa shape index (κ1) is 31.3. The Morgan fingerprint density at radius 1 is 1.26 bits per heavy atom. The number of alkyl halides is 5. The number of benzene rings is 1. The molecule has 1 heterocycles. The van der Waals surface area contributed by atoms with Crippen LogP contribution in [0.4, 0.5) is 26.7 Å². The second kappa shape index (κ2) is 13.5. The van der Waals surface area contributed by atoms with Crippen LogP contribution in [0.2, 0.25) is 0 Å². The van der Waals surface area contributed by atoms with Crippen molar-refractivity contribution in [2.75, 3.05) is 40.4 Å². The summed E-state index contributed by atoms with van der Waals surface area (Å²) in [6.07, 6.45) is -2.12. The Morgan fingerprint density at radius 2 is 2.00 bits per heavy atom. The van der Waals surface area contributed by atoms with Gasteiger partial charge in [-0.15, -0.1) is 13.2 Å². The molecule has 1 aliphatic heterocycles. The van der Waals surface area contributed by atoms with Crippen molar-refractivity contribution in [3.05, 3.63) is 29.8 Å². The molecule has 0 spiro atoms.